The highest BCUT2D eigenvalue weighted by atomic mass is 16.2. The second-order valence-corrected chi connectivity index (χ2v) is 6.78. The van der Waals surface area contributed by atoms with Gasteiger partial charge in [0.25, 0.3) is 0 Å². The molecule has 1 unspecified atom stereocenters. The van der Waals surface area contributed by atoms with Crippen LogP contribution in [0.15, 0.2) is 4.99 Å². The number of hydrogen-bond acceptors (Lipinski definition) is 3. The van der Waals surface area contributed by atoms with Crippen molar-refractivity contribution in [1.29, 1.82) is 0 Å². The maximum absolute atomic E-state index is 8.97. The quantitative estimate of drug-likeness (QED) is 0.469. The van der Waals surface area contributed by atoms with E-state index < -0.39 is 0 Å². The summed E-state index contributed by atoms with van der Waals surface area (Å²) in [6.45, 7) is 6.91. The molecule has 0 bridgehead atoms. The van der Waals surface area contributed by atoms with Gasteiger partial charge in [-0.05, 0) is 26.2 Å². The van der Waals surface area contributed by atoms with Crippen LogP contribution in [0.25, 0.3) is 0 Å². The molecular weight excluding hydrogens is 272 g/mol. The zero-order valence-electron chi connectivity index (χ0n) is 15.0. The number of hydrogen-bond donors (Lipinski definition) is 1. The zero-order valence-corrected chi connectivity index (χ0v) is 15.0. The molecule has 0 amide bonds. The molecule has 0 radical (unpaired) electrons. The summed E-state index contributed by atoms with van der Waals surface area (Å²) in [5.41, 5.74) is 0. The predicted octanol–water partition coefficient (Wildman–Crippen LogP) is 4.78. The number of unbranched alkanes of at least 4 members (excludes halogenated alkanes) is 8. The Bertz CT molecular complexity index is 291. The standard InChI is InChI=1S/C19H38N2O/c1-3-4-5-6-7-8-9-10-11-14-19-20-15-16-21(19)18(2)13-12-17-22/h18,22H,3-17H2,1-2H3. The van der Waals surface area contributed by atoms with Crippen LogP contribution in [0.4, 0.5) is 0 Å². The van der Waals surface area contributed by atoms with Crippen LogP contribution in [-0.2, 0) is 0 Å². The lowest BCUT2D eigenvalue weighted by molar-refractivity contribution is 0.255. The highest BCUT2D eigenvalue weighted by Crippen LogP contribution is 2.17. The first-order valence-corrected chi connectivity index (χ1v) is 9.70. The van der Waals surface area contributed by atoms with Gasteiger partial charge >= 0.3 is 0 Å². The number of aliphatic imine (C=N–C) groups is 1. The third-order valence-corrected chi connectivity index (χ3v) is 4.78. The maximum Gasteiger partial charge on any atom is 0.0992 e. The van der Waals surface area contributed by atoms with Gasteiger partial charge in [-0.3, -0.25) is 4.99 Å². The van der Waals surface area contributed by atoms with E-state index in [0.717, 1.165) is 32.4 Å². The molecule has 3 nitrogen and oxygen atoms in total. The normalized spacial score (nSPS) is 16.1. The molecular formula is C19H38N2O. The Balaban J connectivity index is 2.03. The van der Waals surface area contributed by atoms with Crippen molar-refractivity contribution in [2.24, 2.45) is 4.99 Å². The van der Waals surface area contributed by atoms with Crippen LogP contribution in [0.2, 0.25) is 0 Å². The lowest BCUT2D eigenvalue weighted by Gasteiger charge is -2.27. The molecule has 0 aromatic carbocycles. The first kappa shape index (κ1) is 19.5. The Labute approximate surface area is 138 Å². The highest BCUT2D eigenvalue weighted by molar-refractivity contribution is 5.84. The summed E-state index contributed by atoms with van der Waals surface area (Å²) in [5, 5.41) is 8.97. The number of amidine groups is 1. The lowest BCUT2D eigenvalue weighted by atomic mass is 10.1. The molecule has 0 saturated carbocycles. The van der Waals surface area contributed by atoms with Crippen molar-refractivity contribution in [2.75, 3.05) is 19.7 Å². The van der Waals surface area contributed by atoms with Crippen LogP contribution in [-0.4, -0.2) is 41.6 Å². The number of nitrogens with zero attached hydrogens (tertiary/aromatic N) is 2. The molecule has 1 aliphatic rings. The van der Waals surface area contributed by atoms with E-state index in [1.54, 1.807) is 0 Å². The average Bonchev–Trinajstić information content (AvgIpc) is 2.99. The Morgan fingerprint density at radius 2 is 1.64 bits per heavy atom. The molecule has 22 heavy (non-hydrogen) atoms. The molecule has 1 heterocycles. The van der Waals surface area contributed by atoms with Crippen LogP contribution in [0.1, 0.15) is 90.9 Å². The second kappa shape index (κ2) is 12.9. The largest absolute Gasteiger partial charge is 0.396 e. The third kappa shape index (κ3) is 8.17. The Morgan fingerprint density at radius 1 is 1.00 bits per heavy atom. The first-order valence-electron chi connectivity index (χ1n) is 9.70. The van der Waals surface area contributed by atoms with Gasteiger partial charge in [-0.2, -0.15) is 0 Å². The fourth-order valence-electron chi connectivity index (χ4n) is 3.34. The Kier molecular flexibility index (Phi) is 11.4. The zero-order chi connectivity index (χ0) is 16.0. The maximum atomic E-state index is 8.97. The summed E-state index contributed by atoms with van der Waals surface area (Å²) in [4.78, 5) is 7.17. The molecule has 0 aliphatic carbocycles. The fourth-order valence-corrected chi connectivity index (χ4v) is 3.34. The molecule has 1 aliphatic heterocycles. The minimum Gasteiger partial charge on any atom is -0.396 e. The van der Waals surface area contributed by atoms with Gasteiger partial charge in [-0.25, -0.2) is 0 Å². The van der Waals surface area contributed by atoms with Crippen molar-refractivity contribution >= 4 is 5.84 Å². The van der Waals surface area contributed by atoms with E-state index in [1.807, 2.05) is 0 Å². The Hall–Kier alpha value is -0.570. The van der Waals surface area contributed by atoms with Crippen molar-refractivity contribution in [3.63, 3.8) is 0 Å². The highest BCUT2D eigenvalue weighted by Gasteiger charge is 2.21. The van der Waals surface area contributed by atoms with Gasteiger partial charge in [0, 0.05) is 25.6 Å². The van der Waals surface area contributed by atoms with E-state index >= 15 is 0 Å². The minimum absolute atomic E-state index is 0.308. The monoisotopic (exact) mass is 310 g/mol. The van der Waals surface area contributed by atoms with Crippen molar-refractivity contribution in [2.45, 2.75) is 96.9 Å². The van der Waals surface area contributed by atoms with Crippen LogP contribution < -0.4 is 0 Å². The second-order valence-electron chi connectivity index (χ2n) is 6.78. The number of rotatable bonds is 14. The van der Waals surface area contributed by atoms with Crippen molar-refractivity contribution < 1.29 is 5.11 Å². The topological polar surface area (TPSA) is 35.8 Å². The van der Waals surface area contributed by atoms with Crippen LogP contribution in [0, 0.1) is 0 Å². The van der Waals surface area contributed by atoms with E-state index in [0.29, 0.717) is 12.6 Å². The smallest absolute Gasteiger partial charge is 0.0992 e. The van der Waals surface area contributed by atoms with E-state index in [-0.39, 0.29) is 0 Å². The molecule has 0 saturated heterocycles. The van der Waals surface area contributed by atoms with Gasteiger partial charge in [-0.15, -0.1) is 0 Å². The minimum atomic E-state index is 0.308. The van der Waals surface area contributed by atoms with Crippen molar-refractivity contribution in [1.82, 2.24) is 4.90 Å². The van der Waals surface area contributed by atoms with E-state index in [2.05, 4.69) is 18.7 Å². The van der Waals surface area contributed by atoms with Gasteiger partial charge in [0.15, 0.2) is 0 Å². The molecule has 1 rings (SSSR count). The van der Waals surface area contributed by atoms with Gasteiger partial charge in [-0.1, -0.05) is 58.3 Å². The van der Waals surface area contributed by atoms with E-state index in [9.17, 15) is 0 Å². The molecule has 1 atom stereocenters. The number of aliphatic hydroxyl groups is 1. The average molecular weight is 311 g/mol. The van der Waals surface area contributed by atoms with Gasteiger partial charge in [0.05, 0.1) is 12.4 Å². The van der Waals surface area contributed by atoms with E-state index in [4.69, 9.17) is 10.1 Å². The fraction of sp³-hybridized carbons (Fsp3) is 0.947. The molecule has 0 aromatic heterocycles. The van der Waals surface area contributed by atoms with Crippen LogP contribution >= 0.6 is 0 Å². The van der Waals surface area contributed by atoms with Gasteiger partial charge < -0.3 is 10.0 Å². The summed E-state index contributed by atoms with van der Waals surface area (Å²) < 4.78 is 0. The van der Waals surface area contributed by atoms with Crippen molar-refractivity contribution in [3.8, 4) is 0 Å². The van der Waals surface area contributed by atoms with Gasteiger partial charge in [0.2, 0.25) is 0 Å². The Morgan fingerprint density at radius 3 is 2.27 bits per heavy atom. The third-order valence-electron chi connectivity index (χ3n) is 4.78. The van der Waals surface area contributed by atoms with Crippen LogP contribution in [0.3, 0.4) is 0 Å². The molecule has 0 aromatic rings. The first-order chi connectivity index (χ1) is 10.8. The SMILES string of the molecule is CCCCCCCCCCCC1=NCCN1C(C)CCCO. The predicted molar refractivity (Wildman–Crippen MR) is 96.6 cm³/mol. The van der Waals surface area contributed by atoms with Crippen LogP contribution in [0.5, 0.6) is 0 Å². The number of aliphatic hydroxyl groups excluding tert-OH is 1. The molecule has 3 heteroatoms. The summed E-state index contributed by atoms with van der Waals surface area (Å²) in [6, 6.07) is 0.534. The molecule has 0 fully saturated rings. The van der Waals surface area contributed by atoms with Gasteiger partial charge in [0.1, 0.15) is 0 Å². The summed E-state index contributed by atoms with van der Waals surface area (Å²) in [7, 11) is 0. The molecule has 1 N–H and O–H groups in total. The summed E-state index contributed by atoms with van der Waals surface area (Å²) >= 11 is 0. The van der Waals surface area contributed by atoms with Crippen molar-refractivity contribution in [3.05, 3.63) is 0 Å². The summed E-state index contributed by atoms with van der Waals surface area (Å²) in [5.74, 6) is 1.33. The summed E-state index contributed by atoms with van der Waals surface area (Å²) in [6.07, 6.45) is 15.6. The molecule has 0 spiro atoms. The molecule has 130 valence electrons. The van der Waals surface area contributed by atoms with E-state index in [1.165, 1.54) is 63.6 Å². The lowest BCUT2D eigenvalue weighted by Crippen LogP contribution is -2.36.